The number of nitrogens with zero attached hydrogens (tertiary/aromatic N) is 4. The van der Waals surface area contributed by atoms with Gasteiger partial charge in [-0.2, -0.15) is 0 Å². The number of aromatic amines is 1. The van der Waals surface area contributed by atoms with Crippen molar-refractivity contribution in [3.63, 3.8) is 0 Å². The lowest BCUT2D eigenvalue weighted by Gasteiger charge is -2.32. The number of fused-ring (bicyclic) bond motifs is 2. The highest BCUT2D eigenvalue weighted by Gasteiger charge is 2.35. The van der Waals surface area contributed by atoms with Gasteiger partial charge in [-0.15, -0.1) is 10.2 Å². The minimum absolute atomic E-state index is 0.0194. The number of carboxylic acids is 1. The van der Waals surface area contributed by atoms with Gasteiger partial charge >= 0.3 is 5.97 Å². The monoisotopic (exact) mass is 353 g/mol. The molecule has 2 N–H and O–H groups in total. The zero-order valence-corrected chi connectivity index (χ0v) is 14.6. The van der Waals surface area contributed by atoms with Crippen LogP contribution in [0.1, 0.15) is 27.7 Å². The summed E-state index contributed by atoms with van der Waals surface area (Å²) in [5.41, 5.74) is 2.31. The predicted octanol–water partition coefficient (Wildman–Crippen LogP) is 1.53. The maximum absolute atomic E-state index is 13.0. The Morgan fingerprint density at radius 3 is 2.81 bits per heavy atom. The van der Waals surface area contributed by atoms with E-state index in [0.717, 1.165) is 16.6 Å². The Balaban J connectivity index is 1.65. The molecular formula is C18H19N5O3. The average Bonchev–Trinajstić information content (AvgIpc) is 3.13. The van der Waals surface area contributed by atoms with Crippen LogP contribution in [-0.2, 0) is 17.9 Å². The maximum Gasteiger partial charge on any atom is 0.322 e. The zero-order chi connectivity index (χ0) is 18.4. The van der Waals surface area contributed by atoms with Gasteiger partial charge in [0.2, 0.25) is 0 Å². The molecule has 8 heteroatoms. The standard InChI is InChI=1S/C18H19N5O3/c1-10-17(12-5-3-4-6-13(12)19-10)15(24)8-22-9-16-21-20-11(2)23(16)7-14(22)18(25)26/h3-6,14,19H,7-9H2,1-2H3,(H,25,26). The van der Waals surface area contributed by atoms with Gasteiger partial charge in [-0.05, 0) is 19.9 Å². The molecule has 26 heavy (non-hydrogen) atoms. The molecule has 4 rings (SSSR count). The molecular weight excluding hydrogens is 334 g/mol. The predicted molar refractivity (Wildman–Crippen MR) is 94.0 cm³/mol. The topological polar surface area (TPSA) is 104 Å². The molecule has 0 aliphatic carbocycles. The molecule has 3 aromatic rings. The summed E-state index contributed by atoms with van der Waals surface area (Å²) < 4.78 is 1.80. The van der Waals surface area contributed by atoms with Gasteiger partial charge in [0.25, 0.3) is 0 Å². The molecule has 0 amide bonds. The highest BCUT2D eigenvalue weighted by Crippen LogP contribution is 2.24. The van der Waals surface area contributed by atoms with Crippen LogP contribution >= 0.6 is 0 Å². The summed E-state index contributed by atoms with van der Waals surface area (Å²) in [5.74, 6) is 0.316. The Kier molecular flexibility index (Phi) is 3.84. The van der Waals surface area contributed by atoms with Crippen molar-refractivity contribution in [2.45, 2.75) is 33.0 Å². The van der Waals surface area contributed by atoms with Crippen molar-refractivity contribution in [3.8, 4) is 0 Å². The average molecular weight is 353 g/mol. The number of Topliss-reactive ketones (excluding diaryl/α,β-unsaturated/α-hetero) is 1. The van der Waals surface area contributed by atoms with E-state index in [1.165, 1.54) is 0 Å². The van der Waals surface area contributed by atoms with Crippen LogP contribution in [0.25, 0.3) is 10.9 Å². The Labute approximate surface area is 149 Å². The Hall–Kier alpha value is -3.00. The number of carbonyl (C=O) groups is 2. The molecule has 0 spiro atoms. The Morgan fingerprint density at radius 2 is 2.04 bits per heavy atom. The van der Waals surface area contributed by atoms with Gasteiger partial charge in [0.15, 0.2) is 5.78 Å². The molecule has 134 valence electrons. The molecule has 1 aromatic carbocycles. The minimum Gasteiger partial charge on any atom is -0.480 e. The number of nitrogens with one attached hydrogen (secondary N) is 1. The van der Waals surface area contributed by atoms with Crippen molar-refractivity contribution in [2.75, 3.05) is 6.54 Å². The summed E-state index contributed by atoms with van der Waals surface area (Å²) >= 11 is 0. The van der Waals surface area contributed by atoms with Crippen LogP contribution in [0.5, 0.6) is 0 Å². The van der Waals surface area contributed by atoms with E-state index in [1.807, 2.05) is 31.2 Å². The molecule has 2 aromatic heterocycles. The second-order valence-corrected chi connectivity index (χ2v) is 6.63. The number of carboxylic acid groups (broad SMARTS) is 1. The highest BCUT2D eigenvalue weighted by molar-refractivity contribution is 6.10. The molecule has 1 unspecified atom stereocenters. The van der Waals surface area contributed by atoms with Crippen molar-refractivity contribution in [3.05, 3.63) is 47.2 Å². The molecule has 3 heterocycles. The molecule has 0 saturated heterocycles. The second-order valence-electron chi connectivity index (χ2n) is 6.63. The van der Waals surface area contributed by atoms with Crippen molar-refractivity contribution >= 4 is 22.7 Å². The van der Waals surface area contributed by atoms with Crippen molar-refractivity contribution in [1.29, 1.82) is 0 Å². The molecule has 0 saturated carbocycles. The maximum atomic E-state index is 13.0. The summed E-state index contributed by atoms with van der Waals surface area (Å²) in [7, 11) is 0. The first-order valence-corrected chi connectivity index (χ1v) is 8.41. The number of ketones is 1. The van der Waals surface area contributed by atoms with E-state index >= 15 is 0 Å². The third kappa shape index (κ3) is 2.59. The van der Waals surface area contributed by atoms with Gasteiger partial charge in [0.1, 0.15) is 17.7 Å². The SMILES string of the molecule is Cc1[nH]c2ccccc2c1C(=O)CN1Cc2nnc(C)n2CC1C(=O)O. The van der Waals surface area contributed by atoms with E-state index in [-0.39, 0.29) is 25.4 Å². The fraction of sp³-hybridized carbons (Fsp3) is 0.333. The Bertz CT molecular complexity index is 1020. The van der Waals surface area contributed by atoms with Crippen LogP contribution in [0.15, 0.2) is 24.3 Å². The summed E-state index contributed by atoms with van der Waals surface area (Å²) in [6, 6.07) is 6.83. The van der Waals surface area contributed by atoms with Gasteiger partial charge in [-0.3, -0.25) is 14.5 Å². The first kappa shape index (κ1) is 16.5. The van der Waals surface area contributed by atoms with Crippen molar-refractivity contribution in [1.82, 2.24) is 24.6 Å². The number of aromatic nitrogens is 4. The van der Waals surface area contributed by atoms with Crippen LogP contribution in [-0.4, -0.2) is 54.1 Å². The molecule has 1 aliphatic heterocycles. The van der Waals surface area contributed by atoms with Gasteiger partial charge in [-0.1, -0.05) is 18.2 Å². The van der Waals surface area contributed by atoms with Crippen LogP contribution < -0.4 is 0 Å². The van der Waals surface area contributed by atoms with Crippen LogP contribution in [0, 0.1) is 13.8 Å². The van der Waals surface area contributed by atoms with Crippen LogP contribution in [0.3, 0.4) is 0 Å². The van der Waals surface area contributed by atoms with Gasteiger partial charge in [-0.25, -0.2) is 0 Å². The number of rotatable bonds is 4. The summed E-state index contributed by atoms with van der Waals surface area (Å²) in [6.45, 7) is 4.20. The third-order valence-corrected chi connectivity index (χ3v) is 4.96. The fourth-order valence-electron chi connectivity index (χ4n) is 3.66. The van der Waals surface area contributed by atoms with Crippen LogP contribution in [0.2, 0.25) is 0 Å². The van der Waals surface area contributed by atoms with E-state index < -0.39 is 12.0 Å². The molecule has 0 radical (unpaired) electrons. The van der Waals surface area contributed by atoms with Crippen LogP contribution in [0.4, 0.5) is 0 Å². The van der Waals surface area contributed by atoms with Crippen molar-refractivity contribution < 1.29 is 14.7 Å². The number of hydrogen-bond acceptors (Lipinski definition) is 5. The molecule has 8 nitrogen and oxygen atoms in total. The number of aliphatic carboxylic acids is 1. The first-order chi connectivity index (χ1) is 12.5. The molecule has 0 bridgehead atoms. The van der Waals surface area contributed by atoms with E-state index in [1.54, 1.807) is 16.4 Å². The van der Waals surface area contributed by atoms with Gasteiger partial charge < -0.3 is 14.7 Å². The number of para-hydroxylation sites is 1. The highest BCUT2D eigenvalue weighted by atomic mass is 16.4. The lowest BCUT2D eigenvalue weighted by molar-refractivity contribution is -0.144. The minimum atomic E-state index is -0.952. The van der Waals surface area contributed by atoms with Crippen molar-refractivity contribution in [2.24, 2.45) is 0 Å². The molecule has 1 atom stereocenters. The summed E-state index contributed by atoms with van der Waals surface area (Å²) in [4.78, 5) is 29.6. The van der Waals surface area contributed by atoms with Gasteiger partial charge in [0.05, 0.1) is 19.6 Å². The largest absolute Gasteiger partial charge is 0.480 e. The zero-order valence-electron chi connectivity index (χ0n) is 14.6. The number of H-pyrrole nitrogens is 1. The van der Waals surface area contributed by atoms with E-state index in [9.17, 15) is 14.7 Å². The quantitative estimate of drug-likeness (QED) is 0.689. The normalized spacial score (nSPS) is 17.4. The summed E-state index contributed by atoms with van der Waals surface area (Å²) in [5, 5.41) is 18.6. The molecule has 1 aliphatic rings. The van der Waals surface area contributed by atoms with E-state index in [4.69, 9.17) is 0 Å². The number of hydrogen-bond donors (Lipinski definition) is 2. The summed E-state index contributed by atoms with van der Waals surface area (Å²) in [6.07, 6.45) is 0. The molecule has 0 fully saturated rings. The first-order valence-electron chi connectivity index (χ1n) is 8.41. The smallest absolute Gasteiger partial charge is 0.322 e. The number of benzene rings is 1. The lowest BCUT2D eigenvalue weighted by atomic mass is 10.0. The lowest BCUT2D eigenvalue weighted by Crippen LogP contribution is -2.49. The number of carbonyl (C=O) groups excluding carboxylic acids is 1. The van der Waals surface area contributed by atoms with Gasteiger partial charge in [0, 0.05) is 22.2 Å². The van der Waals surface area contributed by atoms with E-state index in [2.05, 4.69) is 15.2 Å². The van der Waals surface area contributed by atoms with E-state index in [0.29, 0.717) is 17.2 Å². The third-order valence-electron chi connectivity index (χ3n) is 4.96. The fourth-order valence-corrected chi connectivity index (χ4v) is 3.66. The second kappa shape index (κ2) is 6.06. The number of aryl methyl sites for hydroxylation is 2. The Morgan fingerprint density at radius 1 is 1.27 bits per heavy atom.